The minimum atomic E-state index is -0.126. The van der Waals surface area contributed by atoms with Gasteiger partial charge in [0.1, 0.15) is 5.01 Å². The summed E-state index contributed by atoms with van der Waals surface area (Å²) < 4.78 is 0. The number of hydrogen-bond acceptors (Lipinski definition) is 5. The van der Waals surface area contributed by atoms with Gasteiger partial charge in [0.05, 0.1) is 0 Å². The third-order valence-corrected chi connectivity index (χ3v) is 4.74. The molecule has 0 unspecified atom stereocenters. The third kappa shape index (κ3) is 3.19. The average molecular weight is 305 g/mol. The summed E-state index contributed by atoms with van der Waals surface area (Å²) in [6.45, 7) is 0. The van der Waals surface area contributed by atoms with Gasteiger partial charge in [0.25, 0.3) is 5.91 Å². The zero-order valence-corrected chi connectivity index (χ0v) is 12.8. The number of nitrogens with one attached hydrogen (secondary N) is 1. The van der Waals surface area contributed by atoms with E-state index in [1.54, 1.807) is 11.8 Å². The number of hydrogen-bond donors (Lipinski definition) is 1. The Kier molecular flexibility index (Phi) is 4.03. The number of rotatable bonds is 5. The van der Waals surface area contributed by atoms with Crippen LogP contribution in [0.15, 0.2) is 24.3 Å². The highest BCUT2D eigenvalue weighted by molar-refractivity contribution is 7.97. The number of amides is 1. The van der Waals surface area contributed by atoms with Crippen molar-refractivity contribution in [2.45, 2.75) is 24.5 Å². The van der Waals surface area contributed by atoms with E-state index in [0.29, 0.717) is 16.6 Å². The van der Waals surface area contributed by atoms with Crippen LogP contribution < -0.4 is 5.32 Å². The quantitative estimate of drug-likeness (QED) is 0.918. The van der Waals surface area contributed by atoms with E-state index in [4.69, 9.17) is 0 Å². The zero-order chi connectivity index (χ0) is 13.9. The van der Waals surface area contributed by atoms with Gasteiger partial charge in [-0.1, -0.05) is 23.5 Å². The van der Waals surface area contributed by atoms with Crippen molar-refractivity contribution >= 4 is 34.1 Å². The highest BCUT2D eigenvalue weighted by atomic mass is 32.2. The molecular weight excluding hydrogens is 290 g/mol. The summed E-state index contributed by atoms with van der Waals surface area (Å²) in [5.41, 5.74) is 1.87. The molecule has 1 amide bonds. The summed E-state index contributed by atoms with van der Waals surface area (Å²) in [5, 5.41) is 12.6. The predicted octanol–water partition coefficient (Wildman–Crippen LogP) is 3.53. The van der Waals surface area contributed by atoms with Crippen LogP contribution in [-0.2, 0) is 5.75 Å². The minimum Gasteiger partial charge on any atom is -0.296 e. The van der Waals surface area contributed by atoms with E-state index in [1.807, 2.05) is 24.3 Å². The first-order valence-corrected chi connectivity index (χ1v) is 8.70. The van der Waals surface area contributed by atoms with Gasteiger partial charge in [-0.2, -0.15) is 11.8 Å². The second-order valence-corrected chi connectivity index (χ2v) is 6.68. The highest BCUT2D eigenvalue weighted by Crippen LogP contribution is 2.42. The molecule has 104 valence electrons. The fourth-order valence-corrected chi connectivity index (χ4v) is 3.30. The van der Waals surface area contributed by atoms with Crippen LogP contribution in [0.25, 0.3) is 0 Å². The normalized spacial score (nSPS) is 14.2. The molecule has 1 aliphatic rings. The standard InChI is InChI=1S/C14H15N3OS2/c1-19-8-9-2-4-10(5-3-9)12(18)15-14-17-16-13(20-14)11-6-7-11/h2-5,11H,6-8H2,1H3,(H,15,17,18). The van der Waals surface area contributed by atoms with Gasteiger partial charge in [0, 0.05) is 17.2 Å². The molecule has 0 spiro atoms. The van der Waals surface area contributed by atoms with E-state index in [-0.39, 0.29) is 5.91 Å². The first-order chi connectivity index (χ1) is 9.76. The second-order valence-electron chi connectivity index (χ2n) is 4.80. The molecule has 4 nitrogen and oxygen atoms in total. The van der Waals surface area contributed by atoms with E-state index in [2.05, 4.69) is 21.8 Å². The highest BCUT2D eigenvalue weighted by Gasteiger charge is 2.27. The summed E-state index contributed by atoms with van der Waals surface area (Å²) in [5.74, 6) is 1.41. The van der Waals surface area contributed by atoms with Crippen LogP contribution in [0, 0.1) is 0 Å². The van der Waals surface area contributed by atoms with E-state index in [1.165, 1.54) is 29.7 Å². The lowest BCUT2D eigenvalue weighted by atomic mass is 10.1. The van der Waals surface area contributed by atoms with Gasteiger partial charge in [-0.3, -0.25) is 10.1 Å². The van der Waals surface area contributed by atoms with E-state index < -0.39 is 0 Å². The summed E-state index contributed by atoms with van der Waals surface area (Å²) in [6.07, 6.45) is 4.45. The number of thioether (sulfide) groups is 1. The Morgan fingerprint density at radius 3 is 2.75 bits per heavy atom. The number of carbonyl (C=O) groups is 1. The van der Waals surface area contributed by atoms with Crippen LogP contribution in [-0.4, -0.2) is 22.4 Å². The van der Waals surface area contributed by atoms with Gasteiger partial charge >= 0.3 is 0 Å². The van der Waals surface area contributed by atoms with Crippen LogP contribution in [0.1, 0.15) is 39.7 Å². The van der Waals surface area contributed by atoms with E-state index in [0.717, 1.165) is 10.8 Å². The molecule has 1 N–H and O–H groups in total. The van der Waals surface area contributed by atoms with Crippen LogP contribution in [0.4, 0.5) is 5.13 Å². The maximum atomic E-state index is 12.1. The molecule has 1 heterocycles. The SMILES string of the molecule is CSCc1ccc(C(=O)Nc2nnc(C3CC3)s2)cc1. The molecule has 1 aliphatic carbocycles. The number of anilines is 1. The summed E-state index contributed by atoms with van der Waals surface area (Å²) in [6, 6.07) is 7.68. The second kappa shape index (κ2) is 5.93. The van der Waals surface area contributed by atoms with Crippen LogP contribution in [0.5, 0.6) is 0 Å². The summed E-state index contributed by atoms with van der Waals surface area (Å²) in [4.78, 5) is 12.1. The first-order valence-electron chi connectivity index (χ1n) is 6.49. The van der Waals surface area contributed by atoms with Crippen molar-refractivity contribution in [2.24, 2.45) is 0 Å². The Labute approximate surface area is 126 Å². The van der Waals surface area contributed by atoms with Crippen molar-refractivity contribution < 1.29 is 4.79 Å². The lowest BCUT2D eigenvalue weighted by Gasteiger charge is -2.02. The van der Waals surface area contributed by atoms with Gasteiger partial charge < -0.3 is 0 Å². The lowest BCUT2D eigenvalue weighted by molar-refractivity contribution is 0.102. The number of carbonyl (C=O) groups excluding carboxylic acids is 1. The monoisotopic (exact) mass is 305 g/mol. The van der Waals surface area contributed by atoms with Gasteiger partial charge in [-0.15, -0.1) is 10.2 Å². The number of benzene rings is 1. The number of nitrogens with zero attached hydrogens (tertiary/aromatic N) is 2. The Bertz CT molecular complexity index is 605. The Morgan fingerprint density at radius 1 is 1.35 bits per heavy atom. The molecule has 1 aromatic heterocycles. The van der Waals surface area contributed by atoms with Gasteiger partial charge in [0.2, 0.25) is 5.13 Å². The van der Waals surface area contributed by atoms with Gasteiger partial charge in [-0.25, -0.2) is 0 Å². The maximum Gasteiger partial charge on any atom is 0.257 e. The Balaban J connectivity index is 1.65. The first kappa shape index (κ1) is 13.6. The molecule has 2 aromatic rings. The molecule has 0 aliphatic heterocycles. The van der Waals surface area contributed by atoms with Crippen LogP contribution in [0.2, 0.25) is 0 Å². The summed E-state index contributed by atoms with van der Waals surface area (Å²) in [7, 11) is 0. The van der Waals surface area contributed by atoms with Crippen LogP contribution in [0.3, 0.4) is 0 Å². The molecule has 6 heteroatoms. The third-order valence-electron chi connectivity index (χ3n) is 3.11. The molecule has 0 saturated heterocycles. The Hall–Kier alpha value is -1.40. The topological polar surface area (TPSA) is 54.9 Å². The smallest absolute Gasteiger partial charge is 0.257 e. The molecule has 20 heavy (non-hydrogen) atoms. The molecular formula is C14H15N3OS2. The fourth-order valence-electron chi connectivity index (χ4n) is 1.87. The van der Waals surface area contributed by atoms with Crippen molar-refractivity contribution in [2.75, 3.05) is 11.6 Å². The molecule has 0 radical (unpaired) electrons. The molecule has 0 atom stereocenters. The van der Waals surface area contributed by atoms with Gasteiger partial charge in [-0.05, 0) is 36.8 Å². The van der Waals surface area contributed by atoms with Crippen molar-refractivity contribution in [3.63, 3.8) is 0 Å². The molecule has 0 bridgehead atoms. The molecule has 3 rings (SSSR count). The van der Waals surface area contributed by atoms with Crippen molar-refractivity contribution in [3.05, 3.63) is 40.4 Å². The van der Waals surface area contributed by atoms with E-state index in [9.17, 15) is 4.79 Å². The predicted molar refractivity (Wildman–Crippen MR) is 83.5 cm³/mol. The zero-order valence-electron chi connectivity index (χ0n) is 11.1. The molecule has 1 aromatic carbocycles. The van der Waals surface area contributed by atoms with Crippen molar-refractivity contribution in [1.82, 2.24) is 10.2 Å². The average Bonchev–Trinajstić information content (AvgIpc) is 3.21. The maximum absolute atomic E-state index is 12.1. The van der Waals surface area contributed by atoms with Gasteiger partial charge in [0.15, 0.2) is 0 Å². The summed E-state index contributed by atoms with van der Waals surface area (Å²) >= 11 is 3.25. The van der Waals surface area contributed by atoms with E-state index >= 15 is 0 Å². The van der Waals surface area contributed by atoms with Crippen molar-refractivity contribution in [3.8, 4) is 0 Å². The number of aromatic nitrogens is 2. The molecule has 1 saturated carbocycles. The minimum absolute atomic E-state index is 0.126. The Morgan fingerprint density at radius 2 is 2.10 bits per heavy atom. The fraction of sp³-hybridized carbons (Fsp3) is 0.357. The van der Waals surface area contributed by atoms with Crippen molar-refractivity contribution in [1.29, 1.82) is 0 Å². The largest absolute Gasteiger partial charge is 0.296 e. The lowest BCUT2D eigenvalue weighted by Crippen LogP contribution is -2.11. The molecule has 1 fully saturated rings. The van der Waals surface area contributed by atoms with Crippen LogP contribution >= 0.6 is 23.1 Å².